The highest BCUT2D eigenvalue weighted by Gasteiger charge is 2.23. The van der Waals surface area contributed by atoms with Gasteiger partial charge >= 0.3 is 5.69 Å². The van der Waals surface area contributed by atoms with Crippen LogP contribution in [0.4, 0.5) is 0 Å². The van der Waals surface area contributed by atoms with E-state index in [-0.39, 0.29) is 19.0 Å². The van der Waals surface area contributed by atoms with Crippen LogP contribution in [0.15, 0.2) is 20.7 Å². The van der Waals surface area contributed by atoms with E-state index in [4.69, 9.17) is 5.73 Å². The zero-order valence-corrected chi connectivity index (χ0v) is 13.3. The molecule has 0 aromatic carbocycles. The first kappa shape index (κ1) is 18.8. The molecular weight excluding hydrogens is 308 g/mol. The molecule has 116 valence electrons. The number of nitrogens with zero attached hydrogens (tertiary/aromatic N) is 2. The third-order valence-corrected chi connectivity index (χ3v) is 3.81. The maximum absolute atomic E-state index is 12.0. The van der Waals surface area contributed by atoms with Crippen LogP contribution < -0.4 is 21.7 Å². The summed E-state index contributed by atoms with van der Waals surface area (Å²) in [5.74, 6) is 0. The van der Waals surface area contributed by atoms with E-state index in [9.17, 15) is 18.0 Å². The average molecular weight is 327 g/mol. The molecule has 0 aliphatic heterocycles. The Morgan fingerprint density at radius 1 is 1.30 bits per heavy atom. The van der Waals surface area contributed by atoms with Gasteiger partial charge in [0.2, 0.25) is 10.0 Å². The predicted molar refractivity (Wildman–Crippen MR) is 77.6 cm³/mol. The molecule has 20 heavy (non-hydrogen) atoms. The number of rotatable bonds is 4. The minimum absolute atomic E-state index is 0. The van der Waals surface area contributed by atoms with Gasteiger partial charge in [0.15, 0.2) is 4.90 Å². The zero-order chi connectivity index (χ0) is 15.0. The molecule has 1 aromatic heterocycles. The molecule has 10 heteroatoms. The summed E-state index contributed by atoms with van der Waals surface area (Å²) in [4.78, 5) is 22.8. The van der Waals surface area contributed by atoms with Crippen LogP contribution in [0, 0.1) is 0 Å². The largest absolute Gasteiger partial charge is 0.330 e. The van der Waals surface area contributed by atoms with Crippen molar-refractivity contribution in [3.8, 4) is 0 Å². The summed E-state index contributed by atoms with van der Waals surface area (Å²) in [7, 11) is -1.42. The summed E-state index contributed by atoms with van der Waals surface area (Å²) in [6, 6.07) is 0. The van der Waals surface area contributed by atoms with E-state index in [1.807, 2.05) is 0 Å². The van der Waals surface area contributed by atoms with E-state index in [1.165, 1.54) is 14.1 Å². The molecule has 3 N–H and O–H groups in total. The van der Waals surface area contributed by atoms with Crippen molar-refractivity contribution in [1.82, 2.24) is 13.9 Å². The molecule has 0 unspecified atom stereocenters. The first-order valence-electron chi connectivity index (χ1n) is 5.51. The molecular formula is C10H19ClN4O4S. The lowest BCUT2D eigenvalue weighted by molar-refractivity contribution is 0.496. The minimum Gasteiger partial charge on any atom is -0.324 e. The third-order valence-electron chi connectivity index (χ3n) is 2.42. The molecule has 0 saturated carbocycles. The monoisotopic (exact) mass is 326 g/mol. The summed E-state index contributed by atoms with van der Waals surface area (Å²) in [5, 5.41) is 0. The lowest BCUT2D eigenvalue weighted by atomic mass is 10.1. The normalized spacial score (nSPS) is 12.1. The summed E-state index contributed by atoms with van der Waals surface area (Å²) >= 11 is 0. The van der Waals surface area contributed by atoms with E-state index in [2.05, 4.69) is 4.72 Å². The fraction of sp³-hybridized carbons (Fsp3) is 0.600. The van der Waals surface area contributed by atoms with Crippen molar-refractivity contribution in [3.63, 3.8) is 0 Å². The van der Waals surface area contributed by atoms with Gasteiger partial charge in [0.1, 0.15) is 0 Å². The van der Waals surface area contributed by atoms with Crippen molar-refractivity contribution < 1.29 is 8.42 Å². The van der Waals surface area contributed by atoms with Crippen molar-refractivity contribution in [3.05, 3.63) is 27.0 Å². The number of aryl methyl sites for hydroxylation is 1. The van der Waals surface area contributed by atoms with Crippen molar-refractivity contribution >= 4 is 22.4 Å². The predicted octanol–water partition coefficient (Wildman–Crippen LogP) is -1.48. The summed E-state index contributed by atoms with van der Waals surface area (Å²) in [5.41, 5.74) is 3.46. The topological polar surface area (TPSA) is 116 Å². The Kier molecular flexibility index (Phi) is 5.73. The van der Waals surface area contributed by atoms with Gasteiger partial charge in [-0.05, 0) is 13.8 Å². The molecule has 0 saturated heterocycles. The van der Waals surface area contributed by atoms with E-state index in [0.29, 0.717) is 0 Å². The number of nitrogens with one attached hydrogen (secondary N) is 1. The zero-order valence-electron chi connectivity index (χ0n) is 11.7. The molecule has 0 bridgehead atoms. The summed E-state index contributed by atoms with van der Waals surface area (Å²) in [6.07, 6.45) is 0.997. The maximum Gasteiger partial charge on any atom is 0.330 e. The average Bonchev–Trinajstić information content (AvgIpc) is 2.27. The second-order valence-electron chi connectivity index (χ2n) is 5.06. The Morgan fingerprint density at radius 2 is 1.80 bits per heavy atom. The highest BCUT2D eigenvalue weighted by molar-refractivity contribution is 7.89. The molecule has 0 radical (unpaired) electrons. The molecule has 1 aromatic rings. The quantitative estimate of drug-likeness (QED) is 0.700. The van der Waals surface area contributed by atoms with Crippen LogP contribution in [0.5, 0.6) is 0 Å². The molecule has 0 aliphatic carbocycles. The molecule has 0 amide bonds. The van der Waals surface area contributed by atoms with Crippen molar-refractivity contribution in [2.24, 2.45) is 19.8 Å². The molecule has 8 nitrogen and oxygen atoms in total. The third kappa shape index (κ3) is 4.17. The fourth-order valence-electron chi connectivity index (χ4n) is 1.32. The second kappa shape index (κ2) is 6.08. The minimum atomic E-state index is -4.01. The number of nitrogens with two attached hydrogens (primary N) is 1. The Balaban J connectivity index is 0.00000361. The van der Waals surface area contributed by atoms with Gasteiger partial charge in [0.25, 0.3) is 5.56 Å². The summed E-state index contributed by atoms with van der Waals surface area (Å²) in [6.45, 7) is 3.27. The lowest BCUT2D eigenvalue weighted by Crippen LogP contribution is -2.47. The smallest absolute Gasteiger partial charge is 0.324 e. The standard InChI is InChI=1S/C10H18N4O4S.ClH/c1-10(2,11)6-12-19(17,18)7-5-13(3)9(16)14(4)8(7)15;/h5,12H,6,11H2,1-4H3;1H. The van der Waals surface area contributed by atoms with Crippen LogP contribution in [0.25, 0.3) is 0 Å². The molecule has 0 atom stereocenters. The van der Waals surface area contributed by atoms with Gasteiger partial charge in [0.05, 0.1) is 0 Å². The van der Waals surface area contributed by atoms with Gasteiger partial charge in [-0.1, -0.05) is 0 Å². The number of aromatic nitrogens is 2. The highest BCUT2D eigenvalue weighted by Crippen LogP contribution is 2.02. The first-order chi connectivity index (χ1) is 8.46. The number of sulfonamides is 1. The molecule has 1 rings (SSSR count). The fourth-order valence-corrected chi connectivity index (χ4v) is 2.70. The number of halogens is 1. The maximum atomic E-state index is 12.0. The van der Waals surface area contributed by atoms with Crippen LogP contribution in [-0.4, -0.2) is 29.6 Å². The van der Waals surface area contributed by atoms with Gasteiger partial charge in [-0.2, -0.15) is 0 Å². The van der Waals surface area contributed by atoms with Crippen molar-refractivity contribution in [2.75, 3.05) is 6.54 Å². The highest BCUT2D eigenvalue weighted by atomic mass is 35.5. The van der Waals surface area contributed by atoms with Crippen molar-refractivity contribution in [1.29, 1.82) is 0 Å². The Bertz CT molecular complexity index is 699. The molecule has 0 fully saturated rings. The lowest BCUT2D eigenvalue weighted by Gasteiger charge is -2.19. The van der Waals surface area contributed by atoms with Crippen LogP contribution in [-0.2, 0) is 24.1 Å². The second-order valence-corrected chi connectivity index (χ2v) is 6.80. The molecule has 1 heterocycles. The van der Waals surface area contributed by atoms with Crippen molar-refractivity contribution in [2.45, 2.75) is 24.3 Å². The number of hydrogen-bond acceptors (Lipinski definition) is 5. The van der Waals surface area contributed by atoms with Gasteiger partial charge < -0.3 is 10.3 Å². The van der Waals surface area contributed by atoms with E-state index in [1.54, 1.807) is 13.8 Å². The Morgan fingerprint density at radius 3 is 2.25 bits per heavy atom. The van der Waals surface area contributed by atoms with Crippen LogP contribution in [0.1, 0.15) is 13.8 Å². The Labute approximate surface area is 123 Å². The Hall–Kier alpha value is -1.16. The van der Waals surface area contributed by atoms with Gasteiger partial charge in [-0.3, -0.25) is 9.36 Å². The van der Waals surface area contributed by atoms with Gasteiger partial charge in [-0.25, -0.2) is 17.9 Å². The van der Waals surface area contributed by atoms with Gasteiger partial charge in [-0.15, -0.1) is 12.4 Å². The van der Waals surface area contributed by atoms with E-state index < -0.39 is 31.7 Å². The SMILES string of the molecule is Cl.Cn1cc(S(=O)(=O)NCC(C)(C)N)c(=O)n(C)c1=O. The van der Waals surface area contributed by atoms with E-state index in [0.717, 1.165) is 15.3 Å². The van der Waals surface area contributed by atoms with Crippen LogP contribution >= 0.6 is 12.4 Å². The number of hydrogen-bond donors (Lipinski definition) is 2. The summed E-state index contributed by atoms with van der Waals surface area (Å²) < 4.78 is 28.1. The molecule has 0 aliphatic rings. The molecule has 0 spiro atoms. The van der Waals surface area contributed by atoms with Crippen LogP contribution in [0.3, 0.4) is 0 Å². The van der Waals surface area contributed by atoms with Gasteiger partial charge in [0, 0.05) is 32.4 Å². The first-order valence-corrected chi connectivity index (χ1v) is 6.99. The van der Waals surface area contributed by atoms with E-state index >= 15 is 0 Å². The van der Waals surface area contributed by atoms with Crippen LogP contribution in [0.2, 0.25) is 0 Å².